The third-order valence-electron chi connectivity index (χ3n) is 3.14. The number of hydrogen-bond donors (Lipinski definition) is 1. The van der Waals surface area contributed by atoms with Crippen LogP contribution < -0.4 is 5.32 Å². The molecule has 1 aromatic carbocycles. The molecule has 1 aromatic rings. The Labute approximate surface area is 103 Å². The molecule has 0 amide bonds. The fourth-order valence-electron chi connectivity index (χ4n) is 2.24. The Morgan fingerprint density at radius 2 is 2.29 bits per heavy atom. The number of rotatable bonds is 5. The molecule has 0 radical (unpaired) electrons. The van der Waals surface area contributed by atoms with Crippen molar-refractivity contribution in [1.82, 2.24) is 5.32 Å². The van der Waals surface area contributed by atoms with Crippen LogP contribution in [-0.2, 0) is 16.1 Å². The lowest BCUT2D eigenvalue weighted by molar-refractivity contribution is 0.0785. The Balaban J connectivity index is 1.94. The molecule has 0 saturated heterocycles. The monoisotopic (exact) mass is 235 g/mol. The molecule has 0 aliphatic carbocycles. The first-order chi connectivity index (χ1) is 8.31. The number of ether oxygens (including phenoxy) is 2. The summed E-state index contributed by atoms with van der Waals surface area (Å²) in [5.41, 5.74) is 2.68. The maximum atomic E-state index is 5.61. The molecule has 0 fully saturated rings. The number of fused-ring (bicyclic) bond motifs is 1. The highest BCUT2D eigenvalue weighted by Crippen LogP contribution is 2.24. The van der Waals surface area contributed by atoms with Crippen LogP contribution in [0.3, 0.4) is 0 Å². The van der Waals surface area contributed by atoms with Gasteiger partial charge in [0.15, 0.2) is 0 Å². The van der Waals surface area contributed by atoms with E-state index in [2.05, 4.69) is 36.5 Å². The van der Waals surface area contributed by atoms with E-state index in [4.69, 9.17) is 9.47 Å². The summed E-state index contributed by atoms with van der Waals surface area (Å²) in [7, 11) is 1.75. The highest BCUT2D eigenvalue weighted by molar-refractivity contribution is 5.30. The van der Waals surface area contributed by atoms with Crippen LogP contribution in [0.5, 0.6) is 0 Å². The van der Waals surface area contributed by atoms with Gasteiger partial charge in [0, 0.05) is 20.3 Å². The van der Waals surface area contributed by atoms with Crippen molar-refractivity contribution in [2.24, 2.45) is 5.92 Å². The molecular weight excluding hydrogens is 214 g/mol. The van der Waals surface area contributed by atoms with Gasteiger partial charge in [0.2, 0.25) is 0 Å². The Bertz CT molecular complexity index is 354. The molecule has 1 aliphatic heterocycles. The van der Waals surface area contributed by atoms with E-state index >= 15 is 0 Å². The highest BCUT2D eigenvalue weighted by atomic mass is 16.5. The summed E-state index contributed by atoms with van der Waals surface area (Å²) in [6.45, 7) is 5.43. The van der Waals surface area contributed by atoms with Crippen molar-refractivity contribution in [1.29, 1.82) is 0 Å². The van der Waals surface area contributed by atoms with E-state index < -0.39 is 0 Å². The van der Waals surface area contributed by atoms with Gasteiger partial charge >= 0.3 is 0 Å². The van der Waals surface area contributed by atoms with E-state index in [1.165, 1.54) is 11.1 Å². The maximum Gasteiger partial charge on any atom is 0.0721 e. The van der Waals surface area contributed by atoms with Gasteiger partial charge in [-0.2, -0.15) is 0 Å². The average molecular weight is 235 g/mol. The Morgan fingerprint density at radius 1 is 1.47 bits per heavy atom. The fraction of sp³-hybridized carbons (Fsp3) is 0.571. The molecule has 0 bridgehead atoms. The van der Waals surface area contributed by atoms with E-state index in [9.17, 15) is 0 Å². The van der Waals surface area contributed by atoms with E-state index in [-0.39, 0.29) is 0 Å². The third kappa shape index (κ3) is 3.28. The predicted octanol–water partition coefficient (Wildman–Crippen LogP) is 2.13. The van der Waals surface area contributed by atoms with Crippen LogP contribution in [0.2, 0.25) is 0 Å². The third-order valence-corrected chi connectivity index (χ3v) is 3.14. The van der Waals surface area contributed by atoms with Crippen LogP contribution >= 0.6 is 0 Å². The standard InChI is InChI=1S/C14H21NO2/c1-11(8-16-2)7-15-14-10-17-9-12-5-3-4-6-13(12)14/h3-6,11,14-15H,7-10H2,1-2H3. The Hall–Kier alpha value is -0.900. The quantitative estimate of drug-likeness (QED) is 0.848. The molecule has 2 rings (SSSR count). The molecule has 0 saturated carbocycles. The number of methoxy groups -OCH3 is 1. The normalized spacial score (nSPS) is 20.9. The highest BCUT2D eigenvalue weighted by Gasteiger charge is 2.20. The molecule has 3 heteroatoms. The van der Waals surface area contributed by atoms with Crippen molar-refractivity contribution >= 4 is 0 Å². The minimum atomic E-state index is 0.319. The summed E-state index contributed by atoms with van der Waals surface area (Å²) >= 11 is 0. The first kappa shape index (κ1) is 12.6. The molecule has 0 spiro atoms. The Kier molecular flexibility index (Phi) is 4.54. The van der Waals surface area contributed by atoms with E-state index in [1.54, 1.807) is 7.11 Å². The molecule has 3 nitrogen and oxygen atoms in total. The van der Waals surface area contributed by atoms with Gasteiger partial charge in [-0.15, -0.1) is 0 Å². The zero-order valence-corrected chi connectivity index (χ0v) is 10.6. The summed E-state index contributed by atoms with van der Waals surface area (Å²) in [4.78, 5) is 0. The van der Waals surface area contributed by atoms with Gasteiger partial charge in [0.1, 0.15) is 0 Å². The lowest BCUT2D eigenvalue weighted by Gasteiger charge is -2.27. The largest absolute Gasteiger partial charge is 0.384 e. The topological polar surface area (TPSA) is 30.5 Å². The molecule has 0 aromatic heterocycles. The van der Waals surface area contributed by atoms with Gasteiger partial charge in [-0.25, -0.2) is 0 Å². The van der Waals surface area contributed by atoms with Crippen molar-refractivity contribution in [2.45, 2.75) is 19.6 Å². The zero-order chi connectivity index (χ0) is 12.1. The van der Waals surface area contributed by atoms with Crippen molar-refractivity contribution in [3.63, 3.8) is 0 Å². The van der Waals surface area contributed by atoms with Gasteiger partial charge in [0.25, 0.3) is 0 Å². The first-order valence-electron chi connectivity index (χ1n) is 6.19. The first-order valence-corrected chi connectivity index (χ1v) is 6.19. The number of nitrogens with one attached hydrogen (secondary N) is 1. The predicted molar refractivity (Wildman–Crippen MR) is 67.9 cm³/mol. The molecule has 1 N–H and O–H groups in total. The second-order valence-electron chi connectivity index (χ2n) is 4.74. The van der Waals surface area contributed by atoms with E-state index in [0.717, 1.165) is 26.4 Å². The van der Waals surface area contributed by atoms with Crippen molar-refractivity contribution < 1.29 is 9.47 Å². The second-order valence-corrected chi connectivity index (χ2v) is 4.74. The van der Waals surface area contributed by atoms with Gasteiger partial charge < -0.3 is 14.8 Å². The van der Waals surface area contributed by atoms with Crippen LogP contribution in [0, 0.1) is 5.92 Å². The van der Waals surface area contributed by atoms with E-state index in [1.807, 2.05) is 0 Å². The zero-order valence-electron chi connectivity index (χ0n) is 10.6. The lowest BCUT2D eigenvalue weighted by Crippen LogP contribution is -2.33. The summed E-state index contributed by atoms with van der Waals surface area (Å²) in [6, 6.07) is 8.81. The molecule has 1 heterocycles. The average Bonchev–Trinajstić information content (AvgIpc) is 2.36. The van der Waals surface area contributed by atoms with Crippen LogP contribution in [-0.4, -0.2) is 26.9 Å². The fourth-order valence-corrected chi connectivity index (χ4v) is 2.24. The lowest BCUT2D eigenvalue weighted by atomic mass is 9.98. The van der Waals surface area contributed by atoms with E-state index in [0.29, 0.717) is 12.0 Å². The minimum Gasteiger partial charge on any atom is -0.384 e. The number of hydrogen-bond acceptors (Lipinski definition) is 3. The van der Waals surface area contributed by atoms with Crippen LogP contribution in [0.15, 0.2) is 24.3 Å². The van der Waals surface area contributed by atoms with Gasteiger partial charge in [-0.1, -0.05) is 31.2 Å². The summed E-state index contributed by atoms with van der Waals surface area (Å²) < 4.78 is 10.7. The van der Waals surface area contributed by atoms with Crippen molar-refractivity contribution in [2.75, 3.05) is 26.9 Å². The maximum absolute atomic E-state index is 5.61. The molecule has 17 heavy (non-hydrogen) atoms. The summed E-state index contributed by atoms with van der Waals surface area (Å²) in [5.74, 6) is 0.522. The van der Waals surface area contributed by atoms with Crippen molar-refractivity contribution in [3.8, 4) is 0 Å². The van der Waals surface area contributed by atoms with Gasteiger partial charge in [-0.3, -0.25) is 0 Å². The SMILES string of the molecule is COCC(C)CNC1COCc2ccccc21. The van der Waals surface area contributed by atoms with Crippen LogP contribution in [0.4, 0.5) is 0 Å². The smallest absolute Gasteiger partial charge is 0.0721 e. The van der Waals surface area contributed by atoms with Gasteiger partial charge in [0.05, 0.1) is 19.3 Å². The molecule has 2 atom stereocenters. The van der Waals surface area contributed by atoms with Crippen LogP contribution in [0.1, 0.15) is 24.1 Å². The summed E-state index contributed by atoms with van der Waals surface area (Å²) in [5, 5.41) is 3.56. The minimum absolute atomic E-state index is 0.319. The molecular formula is C14H21NO2. The number of benzene rings is 1. The summed E-state index contributed by atoms with van der Waals surface area (Å²) in [6.07, 6.45) is 0. The Morgan fingerprint density at radius 3 is 3.12 bits per heavy atom. The van der Waals surface area contributed by atoms with Crippen molar-refractivity contribution in [3.05, 3.63) is 35.4 Å². The molecule has 94 valence electrons. The molecule has 2 unspecified atom stereocenters. The van der Waals surface area contributed by atoms with Gasteiger partial charge in [-0.05, 0) is 17.0 Å². The van der Waals surface area contributed by atoms with Crippen LogP contribution in [0.25, 0.3) is 0 Å². The molecule has 1 aliphatic rings. The second kappa shape index (κ2) is 6.15.